The quantitative estimate of drug-likeness (QED) is 0.666. The van der Waals surface area contributed by atoms with Gasteiger partial charge >= 0.3 is 5.97 Å². The smallest absolute Gasteiger partial charge is 0.307 e. The molecule has 6 heteroatoms. The van der Waals surface area contributed by atoms with Gasteiger partial charge in [0.15, 0.2) is 6.61 Å². The third-order valence-corrected chi connectivity index (χ3v) is 4.20. The van der Waals surface area contributed by atoms with E-state index in [2.05, 4.69) is 4.74 Å². The van der Waals surface area contributed by atoms with Crippen molar-refractivity contribution in [2.24, 2.45) is 0 Å². The third-order valence-electron chi connectivity index (χ3n) is 4.20. The number of esters is 1. The molecule has 0 fully saturated rings. The number of methoxy groups -OCH3 is 1. The highest BCUT2D eigenvalue weighted by Crippen LogP contribution is 2.22. The van der Waals surface area contributed by atoms with Crippen LogP contribution in [0.25, 0.3) is 0 Å². The molecule has 0 atom stereocenters. The van der Waals surface area contributed by atoms with Gasteiger partial charge in [0.2, 0.25) is 0 Å². The van der Waals surface area contributed by atoms with E-state index in [1.807, 2.05) is 32.0 Å². The van der Waals surface area contributed by atoms with Crippen LogP contribution < -0.4 is 4.74 Å². The molecule has 1 amide bonds. The number of rotatable bonds is 8. The maximum Gasteiger partial charge on any atom is 0.307 e. The van der Waals surface area contributed by atoms with Gasteiger partial charge in [-0.05, 0) is 42.7 Å². The van der Waals surface area contributed by atoms with Crippen LogP contribution in [0.15, 0.2) is 42.5 Å². The standard InChI is InChI=1S/C21H24FNO4/c1-15-5-4-6-16(2)21(15)27-14-19(24)23(12-11-20(25)26-3)13-17-7-9-18(22)10-8-17/h4-10H,11-14H2,1-3H3. The Hall–Kier alpha value is -2.89. The summed E-state index contributed by atoms with van der Waals surface area (Å²) in [6.07, 6.45) is 0.0762. The maximum atomic E-state index is 13.1. The Kier molecular flexibility index (Phi) is 7.34. The summed E-state index contributed by atoms with van der Waals surface area (Å²) in [6, 6.07) is 11.7. The van der Waals surface area contributed by atoms with Crippen LogP contribution in [0.4, 0.5) is 4.39 Å². The second-order valence-electron chi connectivity index (χ2n) is 6.28. The zero-order valence-corrected chi connectivity index (χ0v) is 15.8. The SMILES string of the molecule is COC(=O)CCN(Cc1ccc(F)cc1)C(=O)COc1c(C)cccc1C. The Balaban J connectivity index is 2.07. The minimum absolute atomic E-state index is 0.0762. The lowest BCUT2D eigenvalue weighted by Gasteiger charge is -2.23. The van der Waals surface area contributed by atoms with Crippen molar-refractivity contribution in [3.05, 3.63) is 65.0 Å². The number of para-hydroxylation sites is 1. The summed E-state index contributed by atoms with van der Waals surface area (Å²) in [6.45, 7) is 4.14. The van der Waals surface area contributed by atoms with Crippen molar-refractivity contribution < 1.29 is 23.5 Å². The molecule has 2 aromatic carbocycles. The Morgan fingerprint density at radius 3 is 2.26 bits per heavy atom. The number of carbonyl (C=O) groups excluding carboxylic acids is 2. The molecule has 0 aliphatic rings. The van der Waals surface area contributed by atoms with Crippen molar-refractivity contribution in [3.8, 4) is 5.75 Å². The van der Waals surface area contributed by atoms with Crippen LogP contribution >= 0.6 is 0 Å². The molecule has 0 spiro atoms. The van der Waals surface area contributed by atoms with E-state index in [9.17, 15) is 14.0 Å². The Morgan fingerprint density at radius 2 is 1.67 bits per heavy atom. The molecule has 0 saturated carbocycles. The molecule has 5 nitrogen and oxygen atoms in total. The highest BCUT2D eigenvalue weighted by atomic mass is 19.1. The number of carbonyl (C=O) groups is 2. The van der Waals surface area contributed by atoms with Crippen LogP contribution in [-0.2, 0) is 20.9 Å². The molecule has 0 N–H and O–H groups in total. The fraction of sp³-hybridized carbons (Fsp3) is 0.333. The van der Waals surface area contributed by atoms with Crippen LogP contribution in [-0.4, -0.2) is 37.0 Å². The Bertz CT molecular complexity index is 769. The van der Waals surface area contributed by atoms with Gasteiger partial charge in [0.05, 0.1) is 13.5 Å². The van der Waals surface area contributed by atoms with Crippen molar-refractivity contribution in [2.75, 3.05) is 20.3 Å². The van der Waals surface area contributed by atoms with Gasteiger partial charge in [-0.15, -0.1) is 0 Å². The molecule has 0 saturated heterocycles. The van der Waals surface area contributed by atoms with Gasteiger partial charge in [-0.1, -0.05) is 30.3 Å². The molecule has 0 unspecified atom stereocenters. The van der Waals surface area contributed by atoms with E-state index in [4.69, 9.17) is 4.74 Å². The van der Waals surface area contributed by atoms with Crippen LogP contribution in [0.3, 0.4) is 0 Å². The lowest BCUT2D eigenvalue weighted by molar-refractivity contribution is -0.142. The third kappa shape index (κ3) is 6.09. The molecule has 2 aromatic rings. The fourth-order valence-corrected chi connectivity index (χ4v) is 2.68. The van der Waals surface area contributed by atoms with Gasteiger partial charge in [0.25, 0.3) is 5.91 Å². The van der Waals surface area contributed by atoms with Crippen molar-refractivity contribution in [1.82, 2.24) is 4.90 Å². The van der Waals surface area contributed by atoms with Crippen molar-refractivity contribution in [2.45, 2.75) is 26.8 Å². The lowest BCUT2D eigenvalue weighted by atomic mass is 10.1. The minimum atomic E-state index is -0.400. The molecule has 0 aliphatic carbocycles. The summed E-state index contributed by atoms with van der Waals surface area (Å²) in [5.41, 5.74) is 2.66. The summed E-state index contributed by atoms with van der Waals surface area (Å²) >= 11 is 0. The number of hydrogen-bond donors (Lipinski definition) is 0. The van der Waals surface area contributed by atoms with E-state index < -0.39 is 5.97 Å². The highest BCUT2D eigenvalue weighted by Gasteiger charge is 2.17. The van der Waals surface area contributed by atoms with E-state index in [1.165, 1.54) is 24.1 Å². The maximum absolute atomic E-state index is 13.1. The Labute approximate surface area is 158 Å². The van der Waals surface area contributed by atoms with Crippen LogP contribution in [0.2, 0.25) is 0 Å². The van der Waals surface area contributed by atoms with Crippen molar-refractivity contribution in [1.29, 1.82) is 0 Å². The molecule has 144 valence electrons. The molecule has 0 aromatic heterocycles. The number of nitrogens with zero attached hydrogens (tertiary/aromatic N) is 1. The largest absolute Gasteiger partial charge is 0.483 e. The average molecular weight is 373 g/mol. The summed E-state index contributed by atoms with van der Waals surface area (Å²) in [5, 5.41) is 0. The molecular formula is C21H24FNO4. The number of halogens is 1. The van der Waals surface area contributed by atoms with E-state index >= 15 is 0 Å². The van der Waals surface area contributed by atoms with Gasteiger partial charge in [-0.3, -0.25) is 9.59 Å². The van der Waals surface area contributed by atoms with Gasteiger partial charge < -0.3 is 14.4 Å². The molecular weight excluding hydrogens is 349 g/mol. The van der Waals surface area contributed by atoms with Gasteiger partial charge in [0, 0.05) is 13.1 Å². The number of aryl methyl sites for hydroxylation is 2. The predicted octanol–water partition coefficient (Wildman–Crippen LogP) is 3.41. The molecule has 0 radical (unpaired) electrons. The zero-order chi connectivity index (χ0) is 19.8. The monoisotopic (exact) mass is 373 g/mol. The number of amides is 1. The lowest BCUT2D eigenvalue weighted by Crippen LogP contribution is -2.36. The van der Waals surface area contributed by atoms with E-state index in [-0.39, 0.29) is 37.8 Å². The van der Waals surface area contributed by atoms with Gasteiger partial charge in [-0.25, -0.2) is 4.39 Å². The topological polar surface area (TPSA) is 55.8 Å². The van der Waals surface area contributed by atoms with Crippen LogP contribution in [0.5, 0.6) is 5.75 Å². The summed E-state index contributed by atoms with van der Waals surface area (Å²) in [7, 11) is 1.30. The van der Waals surface area contributed by atoms with Gasteiger partial charge in [0.1, 0.15) is 11.6 Å². The van der Waals surface area contributed by atoms with Crippen molar-refractivity contribution in [3.63, 3.8) is 0 Å². The minimum Gasteiger partial charge on any atom is -0.483 e. The first-order valence-corrected chi connectivity index (χ1v) is 8.68. The van der Waals surface area contributed by atoms with Crippen molar-refractivity contribution >= 4 is 11.9 Å². The van der Waals surface area contributed by atoms with E-state index in [0.717, 1.165) is 16.7 Å². The summed E-state index contributed by atoms with van der Waals surface area (Å²) in [5.74, 6) is -0.321. The molecule has 0 heterocycles. The molecule has 0 aliphatic heterocycles. The number of hydrogen-bond acceptors (Lipinski definition) is 4. The second kappa shape index (κ2) is 9.71. The zero-order valence-electron chi connectivity index (χ0n) is 15.8. The molecule has 0 bridgehead atoms. The Morgan fingerprint density at radius 1 is 1.04 bits per heavy atom. The van der Waals surface area contributed by atoms with Crippen LogP contribution in [0.1, 0.15) is 23.1 Å². The summed E-state index contributed by atoms with van der Waals surface area (Å²) < 4.78 is 23.5. The first kappa shape index (κ1) is 20.4. The van der Waals surface area contributed by atoms with Crippen LogP contribution in [0, 0.1) is 19.7 Å². The fourth-order valence-electron chi connectivity index (χ4n) is 2.68. The molecule has 27 heavy (non-hydrogen) atoms. The number of ether oxygens (including phenoxy) is 2. The number of benzene rings is 2. The first-order valence-electron chi connectivity index (χ1n) is 8.68. The van der Waals surface area contributed by atoms with E-state index in [1.54, 1.807) is 12.1 Å². The first-order chi connectivity index (χ1) is 12.9. The van der Waals surface area contributed by atoms with Gasteiger partial charge in [-0.2, -0.15) is 0 Å². The second-order valence-corrected chi connectivity index (χ2v) is 6.28. The highest BCUT2D eigenvalue weighted by molar-refractivity contribution is 5.78. The molecule has 2 rings (SSSR count). The summed E-state index contributed by atoms with van der Waals surface area (Å²) in [4.78, 5) is 25.7. The van der Waals surface area contributed by atoms with E-state index in [0.29, 0.717) is 5.75 Å². The normalized spacial score (nSPS) is 10.4. The predicted molar refractivity (Wildman–Crippen MR) is 99.9 cm³/mol. The average Bonchev–Trinajstić information content (AvgIpc) is 2.65.